The van der Waals surface area contributed by atoms with E-state index < -0.39 is 0 Å². The van der Waals surface area contributed by atoms with E-state index in [4.69, 9.17) is 22.5 Å². The van der Waals surface area contributed by atoms with Gasteiger partial charge in [0.15, 0.2) is 5.84 Å². The molecule has 0 unspecified atom stereocenters. The van der Waals surface area contributed by atoms with E-state index in [1.54, 1.807) is 23.0 Å². The van der Waals surface area contributed by atoms with E-state index in [2.05, 4.69) is 15.5 Å². The number of nitrogens with zero attached hydrogens (tertiary/aromatic N) is 2. The number of anilines is 1. The van der Waals surface area contributed by atoms with Gasteiger partial charge in [-0.05, 0) is 18.2 Å². The van der Waals surface area contributed by atoms with Crippen LogP contribution in [0.1, 0.15) is 16.1 Å². The van der Waals surface area contributed by atoms with Gasteiger partial charge in [0.25, 0.3) is 5.91 Å². The summed E-state index contributed by atoms with van der Waals surface area (Å²) in [6.45, 7) is 0. The smallest absolute Gasteiger partial charge is 0.275 e. The Morgan fingerprint density at radius 2 is 2.32 bits per heavy atom. The molecule has 1 heterocycles. The summed E-state index contributed by atoms with van der Waals surface area (Å²) in [6.07, 6.45) is 0. The number of nitrogens with one attached hydrogen (secondary N) is 1. The molecule has 0 saturated heterocycles. The highest BCUT2D eigenvalue weighted by atomic mass is 35.5. The predicted octanol–water partition coefficient (Wildman–Crippen LogP) is 2.14. The zero-order chi connectivity index (χ0) is 13.8. The molecule has 0 aliphatic heterocycles. The fourth-order valence-electron chi connectivity index (χ4n) is 1.34. The summed E-state index contributed by atoms with van der Waals surface area (Å²) in [5, 5.41) is 16.0. The average molecular weight is 297 g/mol. The monoisotopic (exact) mass is 296 g/mol. The van der Waals surface area contributed by atoms with Crippen molar-refractivity contribution in [1.29, 1.82) is 0 Å². The number of oxime groups is 1. The second kappa shape index (κ2) is 5.68. The first-order valence-corrected chi connectivity index (χ1v) is 6.41. The first-order chi connectivity index (χ1) is 9.11. The van der Waals surface area contributed by atoms with Crippen LogP contribution in [0.2, 0.25) is 5.02 Å². The molecule has 0 fully saturated rings. The number of hydrogen-bond donors (Lipinski definition) is 3. The van der Waals surface area contributed by atoms with E-state index in [9.17, 15) is 4.79 Å². The maximum absolute atomic E-state index is 11.8. The van der Waals surface area contributed by atoms with Gasteiger partial charge in [0.2, 0.25) is 0 Å². The molecule has 0 aliphatic carbocycles. The average Bonchev–Trinajstić information content (AvgIpc) is 2.94. The van der Waals surface area contributed by atoms with Crippen LogP contribution < -0.4 is 11.1 Å². The summed E-state index contributed by atoms with van der Waals surface area (Å²) in [4.78, 5) is 15.7. The summed E-state index contributed by atoms with van der Waals surface area (Å²) in [5.41, 5.74) is 8.21. The van der Waals surface area contributed by atoms with Crippen molar-refractivity contribution in [3.63, 3.8) is 0 Å². The molecule has 2 aromatic rings. The number of carbonyl (C=O) groups excluding carboxylic acids is 1. The molecule has 1 aromatic heterocycles. The van der Waals surface area contributed by atoms with Crippen molar-refractivity contribution in [3.05, 3.63) is 45.4 Å². The van der Waals surface area contributed by atoms with Gasteiger partial charge < -0.3 is 16.3 Å². The molecule has 0 atom stereocenters. The van der Waals surface area contributed by atoms with Gasteiger partial charge in [-0.15, -0.1) is 11.3 Å². The van der Waals surface area contributed by atoms with Gasteiger partial charge in [0.05, 0.1) is 16.2 Å². The van der Waals surface area contributed by atoms with Crippen LogP contribution in [0.25, 0.3) is 0 Å². The first-order valence-electron chi connectivity index (χ1n) is 5.09. The van der Waals surface area contributed by atoms with Gasteiger partial charge in [-0.3, -0.25) is 4.79 Å². The summed E-state index contributed by atoms with van der Waals surface area (Å²) >= 11 is 7.34. The Morgan fingerprint density at radius 1 is 1.53 bits per heavy atom. The standard InChI is InChI=1S/C11H9ClN4O2S/c12-7-3-6(10(13)16-18)1-2-8(7)15-11(17)9-4-19-5-14-9/h1-5,18H,(H2,13,16)(H,15,17). The maximum Gasteiger partial charge on any atom is 0.275 e. The number of nitrogens with two attached hydrogens (primary N) is 1. The van der Waals surface area contributed by atoms with Crippen LogP contribution in [0, 0.1) is 0 Å². The fourth-order valence-corrected chi connectivity index (χ4v) is 2.10. The maximum atomic E-state index is 11.8. The van der Waals surface area contributed by atoms with Gasteiger partial charge in [-0.25, -0.2) is 4.98 Å². The zero-order valence-electron chi connectivity index (χ0n) is 9.50. The number of amidine groups is 1. The van der Waals surface area contributed by atoms with Crippen LogP contribution in [-0.2, 0) is 0 Å². The van der Waals surface area contributed by atoms with Gasteiger partial charge in [-0.2, -0.15) is 0 Å². The molecule has 0 saturated carbocycles. The molecule has 0 aliphatic rings. The molecular formula is C11H9ClN4O2S. The minimum atomic E-state index is -0.348. The molecular weight excluding hydrogens is 288 g/mol. The van der Waals surface area contributed by atoms with Crippen molar-refractivity contribution in [2.24, 2.45) is 10.9 Å². The van der Waals surface area contributed by atoms with Gasteiger partial charge in [0.1, 0.15) is 5.69 Å². The molecule has 1 amide bonds. The number of aromatic nitrogens is 1. The number of amides is 1. The molecule has 4 N–H and O–H groups in total. The third-order valence-corrected chi connectivity index (χ3v) is 3.18. The highest BCUT2D eigenvalue weighted by Gasteiger charge is 2.11. The van der Waals surface area contributed by atoms with E-state index >= 15 is 0 Å². The fraction of sp³-hybridized carbons (Fsp3) is 0. The van der Waals surface area contributed by atoms with Crippen molar-refractivity contribution in [2.45, 2.75) is 0 Å². The second-order valence-electron chi connectivity index (χ2n) is 3.51. The third kappa shape index (κ3) is 3.01. The first kappa shape index (κ1) is 13.3. The minimum Gasteiger partial charge on any atom is -0.409 e. The molecule has 0 radical (unpaired) electrons. The summed E-state index contributed by atoms with van der Waals surface area (Å²) in [5.74, 6) is -0.404. The van der Waals surface area contributed by atoms with E-state index in [0.717, 1.165) is 0 Å². The molecule has 2 rings (SSSR count). The van der Waals surface area contributed by atoms with Gasteiger partial charge in [0, 0.05) is 10.9 Å². The lowest BCUT2D eigenvalue weighted by molar-refractivity contribution is 0.102. The van der Waals surface area contributed by atoms with Gasteiger partial charge in [-0.1, -0.05) is 16.8 Å². The van der Waals surface area contributed by atoms with Crippen molar-refractivity contribution in [3.8, 4) is 0 Å². The quantitative estimate of drug-likeness (QED) is 0.349. The van der Waals surface area contributed by atoms with E-state index in [1.165, 1.54) is 17.4 Å². The highest BCUT2D eigenvalue weighted by Crippen LogP contribution is 2.23. The lowest BCUT2D eigenvalue weighted by Crippen LogP contribution is -2.15. The normalized spacial score (nSPS) is 11.3. The molecule has 6 nitrogen and oxygen atoms in total. The van der Waals surface area contributed by atoms with Crippen LogP contribution in [0.3, 0.4) is 0 Å². The van der Waals surface area contributed by atoms with Crippen LogP contribution in [0.4, 0.5) is 5.69 Å². The topological polar surface area (TPSA) is 101 Å². The SMILES string of the molecule is N/C(=N/O)c1ccc(NC(=O)c2cscn2)c(Cl)c1. The van der Waals surface area contributed by atoms with E-state index in [1.807, 2.05) is 0 Å². The Bertz CT molecular complexity index is 628. The van der Waals surface area contributed by atoms with Crippen LogP contribution in [0.5, 0.6) is 0 Å². The number of thiazole rings is 1. The van der Waals surface area contributed by atoms with Gasteiger partial charge >= 0.3 is 0 Å². The lowest BCUT2D eigenvalue weighted by Gasteiger charge is -2.07. The Morgan fingerprint density at radius 3 is 2.89 bits per heavy atom. The number of hydrogen-bond acceptors (Lipinski definition) is 5. The minimum absolute atomic E-state index is 0.0562. The number of rotatable bonds is 3. The molecule has 0 bridgehead atoms. The molecule has 98 valence electrons. The van der Waals surface area contributed by atoms with Crippen LogP contribution in [0.15, 0.2) is 34.2 Å². The second-order valence-corrected chi connectivity index (χ2v) is 4.63. The van der Waals surface area contributed by atoms with E-state index in [0.29, 0.717) is 16.9 Å². The van der Waals surface area contributed by atoms with Crippen molar-refractivity contribution < 1.29 is 10.0 Å². The predicted molar refractivity (Wildman–Crippen MR) is 74.0 cm³/mol. The molecule has 19 heavy (non-hydrogen) atoms. The Kier molecular flexibility index (Phi) is 3.98. The number of carbonyl (C=O) groups is 1. The number of halogens is 1. The molecule has 8 heteroatoms. The van der Waals surface area contributed by atoms with E-state index in [-0.39, 0.29) is 16.8 Å². The molecule has 0 spiro atoms. The Balaban J connectivity index is 2.20. The summed E-state index contributed by atoms with van der Waals surface area (Å²) < 4.78 is 0. The van der Waals surface area contributed by atoms with Crippen LogP contribution in [-0.4, -0.2) is 21.9 Å². The third-order valence-electron chi connectivity index (χ3n) is 2.29. The zero-order valence-corrected chi connectivity index (χ0v) is 11.1. The van der Waals surface area contributed by atoms with Crippen LogP contribution >= 0.6 is 22.9 Å². The lowest BCUT2D eigenvalue weighted by atomic mass is 10.2. The summed E-state index contributed by atoms with van der Waals surface area (Å²) in [7, 11) is 0. The van der Waals surface area contributed by atoms with Crippen molar-refractivity contribution in [2.75, 3.05) is 5.32 Å². The number of benzene rings is 1. The van der Waals surface area contributed by atoms with Crippen molar-refractivity contribution in [1.82, 2.24) is 4.98 Å². The van der Waals surface area contributed by atoms with Crippen molar-refractivity contribution >= 4 is 40.4 Å². The highest BCUT2D eigenvalue weighted by molar-refractivity contribution is 7.07. The molecule has 1 aromatic carbocycles. The summed E-state index contributed by atoms with van der Waals surface area (Å²) in [6, 6.07) is 4.64. The largest absolute Gasteiger partial charge is 0.409 e. The Labute approximate surface area is 117 Å². The Hall–Kier alpha value is -2.12.